The zero-order valence-electron chi connectivity index (χ0n) is 17.9. The van der Waals surface area contributed by atoms with Crippen molar-refractivity contribution in [1.82, 2.24) is 10.2 Å². The number of carbonyl (C=O) groups excluding carboxylic acids is 1. The van der Waals surface area contributed by atoms with Crippen LogP contribution in [0.1, 0.15) is 68.6 Å². The molecule has 1 heterocycles. The van der Waals surface area contributed by atoms with Crippen LogP contribution >= 0.6 is 0 Å². The standard InChI is InChI=1S/C24H38N2O3/c1-19-7-5-14-26(19)15-6-16-29-23-12-10-21(11-13-23)24(28)25-17-22(18-27)20-8-3-2-4-9-20/h10-13,19-20,22,27H,2-9,14-18H2,1H3,(H,25,28). The van der Waals surface area contributed by atoms with E-state index in [4.69, 9.17) is 4.74 Å². The minimum atomic E-state index is -0.0752. The average Bonchev–Trinajstić information content (AvgIpc) is 3.17. The van der Waals surface area contributed by atoms with E-state index in [1.54, 1.807) is 0 Å². The van der Waals surface area contributed by atoms with Gasteiger partial charge in [0.25, 0.3) is 5.91 Å². The Morgan fingerprint density at radius 1 is 1.17 bits per heavy atom. The summed E-state index contributed by atoms with van der Waals surface area (Å²) in [5.41, 5.74) is 0.642. The third-order valence-electron chi connectivity index (χ3n) is 6.74. The first-order valence-electron chi connectivity index (χ1n) is 11.5. The lowest BCUT2D eigenvalue weighted by molar-refractivity contribution is 0.0914. The summed E-state index contributed by atoms with van der Waals surface area (Å²) < 4.78 is 5.84. The SMILES string of the molecule is CC1CCCN1CCCOc1ccc(C(=O)NCC(CO)C2CCCCC2)cc1. The molecule has 0 aromatic heterocycles. The molecule has 29 heavy (non-hydrogen) atoms. The van der Waals surface area contributed by atoms with Gasteiger partial charge >= 0.3 is 0 Å². The molecular weight excluding hydrogens is 364 g/mol. The molecule has 1 amide bonds. The van der Waals surface area contributed by atoms with Gasteiger partial charge in [-0.25, -0.2) is 0 Å². The van der Waals surface area contributed by atoms with Crippen LogP contribution in [0.5, 0.6) is 5.75 Å². The third kappa shape index (κ3) is 6.71. The van der Waals surface area contributed by atoms with Gasteiger partial charge in [0.1, 0.15) is 5.75 Å². The van der Waals surface area contributed by atoms with Gasteiger partial charge in [-0.15, -0.1) is 0 Å². The van der Waals surface area contributed by atoms with Crippen LogP contribution in [-0.4, -0.2) is 54.8 Å². The zero-order valence-corrected chi connectivity index (χ0v) is 17.9. The van der Waals surface area contributed by atoms with Crippen LogP contribution in [0.15, 0.2) is 24.3 Å². The Bertz CT molecular complexity index is 613. The summed E-state index contributed by atoms with van der Waals surface area (Å²) in [4.78, 5) is 15.0. The Hall–Kier alpha value is -1.59. The Morgan fingerprint density at radius 2 is 1.93 bits per heavy atom. The van der Waals surface area contributed by atoms with E-state index in [2.05, 4.69) is 17.1 Å². The van der Waals surface area contributed by atoms with Crippen molar-refractivity contribution in [2.45, 2.75) is 64.3 Å². The van der Waals surface area contributed by atoms with Crippen molar-refractivity contribution in [3.8, 4) is 5.75 Å². The molecule has 162 valence electrons. The molecule has 0 radical (unpaired) electrons. The van der Waals surface area contributed by atoms with Crippen molar-refractivity contribution in [1.29, 1.82) is 0 Å². The van der Waals surface area contributed by atoms with Crippen molar-refractivity contribution < 1.29 is 14.6 Å². The van der Waals surface area contributed by atoms with E-state index in [9.17, 15) is 9.90 Å². The van der Waals surface area contributed by atoms with E-state index >= 15 is 0 Å². The van der Waals surface area contributed by atoms with Gasteiger partial charge in [0.2, 0.25) is 0 Å². The normalized spacial score (nSPS) is 21.8. The monoisotopic (exact) mass is 402 g/mol. The van der Waals surface area contributed by atoms with Gasteiger partial charge in [-0.3, -0.25) is 4.79 Å². The molecule has 1 aliphatic carbocycles. The Morgan fingerprint density at radius 3 is 2.59 bits per heavy atom. The molecule has 1 aromatic carbocycles. The summed E-state index contributed by atoms with van der Waals surface area (Å²) >= 11 is 0. The maximum atomic E-state index is 12.5. The van der Waals surface area contributed by atoms with E-state index in [0.29, 0.717) is 30.7 Å². The number of benzene rings is 1. The quantitative estimate of drug-likeness (QED) is 0.584. The van der Waals surface area contributed by atoms with Gasteiger partial charge in [-0.2, -0.15) is 0 Å². The first kappa shape index (κ1) is 22.1. The summed E-state index contributed by atoms with van der Waals surface area (Å²) in [6.45, 7) is 6.00. The molecule has 5 heteroatoms. The molecule has 2 N–H and O–H groups in total. The van der Waals surface area contributed by atoms with Crippen molar-refractivity contribution >= 4 is 5.91 Å². The van der Waals surface area contributed by atoms with Crippen LogP contribution in [0.2, 0.25) is 0 Å². The average molecular weight is 403 g/mol. The first-order chi connectivity index (χ1) is 14.2. The second kappa shape index (κ2) is 11.6. The van der Waals surface area contributed by atoms with Crippen LogP contribution < -0.4 is 10.1 Å². The molecule has 1 saturated heterocycles. The molecule has 3 rings (SSSR count). The highest BCUT2D eigenvalue weighted by Gasteiger charge is 2.23. The highest BCUT2D eigenvalue weighted by molar-refractivity contribution is 5.94. The highest BCUT2D eigenvalue weighted by atomic mass is 16.5. The van der Waals surface area contributed by atoms with E-state index < -0.39 is 0 Å². The molecule has 2 atom stereocenters. The van der Waals surface area contributed by atoms with Crippen molar-refractivity contribution in [2.24, 2.45) is 11.8 Å². The van der Waals surface area contributed by atoms with Gasteiger partial charge in [0, 0.05) is 37.2 Å². The predicted octanol–water partition coefficient (Wildman–Crippen LogP) is 3.86. The fourth-order valence-corrected chi connectivity index (χ4v) is 4.80. The minimum Gasteiger partial charge on any atom is -0.494 e. The molecule has 2 fully saturated rings. The predicted molar refractivity (Wildman–Crippen MR) is 116 cm³/mol. The lowest BCUT2D eigenvalue weighted by Gasteiger charge is -2.29. The molecular formula is C24H38N2O3. The fraction of sp³-hybridized carbons (Fsp3) is 0.708. The topological polar surface area (TPSA) is 61.8 Å². The number of hydrogen-bond acceptors (Lipinski definition) is 4. The summed E-state index contributed by atoms with van der Waals surface area (Å²) in [5.74, 6) is 1.44. The minimum absolute atomic E-state index is 0.0752. The van der Waals surface area contributed by atoms with Crippen molar-refractivity contribution in [2.75, 3.05) is 32.8 Å². The molecule has 1 aromatic rings. The number of nitrogens with zero attached hydrogens (tertiary/aromatic N) is 1. The molecule has 1 saturated carbocycles. The van der Waals surface area contributed by atoms with Crippen LogP contribution in [0.25, 0.3) is 0 Å². The molecule has 0 spiro atoms. The maximum Gasteiger partial charge on any atom is 0.251 e. The number of ether oxygens (including phenoxy) is 1. The van der Waals surface area contributed by atoms with Gasteiger partial charge in [0.15, 0.2) is 0 Å². The zero-order chi connectivity index (χ0) is 20.5. The van der Waals surface area contributed by atoms with E-state index in [-0.39, 0.29) is 18.4 Å². The lowest BCUT2D eigenvalue weighted by Crippen LogP contribution is -2.35. The van der Waals surface area contributed by atoms with Gasteiger partial charge in [0.05, 0.1) is 6.61 Å². The maximum absolute atomic E-state index is 12.5. The van der Waals surface area contributed by atoms with Crippen LogP contribution in [-0.2, 0) is 0 Å². The van der Waals surface area contributed by atoms with E-state index in [0.717, 1.165) is 18.7 Å². The van der Waals surface area contributed by atoms with Crippen LogP contribution in [0, 0.1) is 11.8 Å². The van der Waals surface area contributed by atoms with Crippen LogP contribution in [0.4, 0.5) is 0 Å². The lowest BCUT2D eigenvalue weighted by atomic mass is 9.80. The molecule has 0 bridgehead atoms. The highest BCUT2D eigenvalue weighted by Crippen LogP contribution is 2.29. The second-order valence-corrected chi connectivity index (χ2v) is 8.80. The molecule has 1 aliphatic heterocycles. The number of aliphatic hydroxyl groups is 1. The van der Waals surface area contributed by atoms with Crippen molar-refractivity contribution in [3.63, 3.8) is 0 Å². The number of nitrogens with one attached hydrogen (secondary N) is 1. The third-order valence-corrected chi connectivity index (χ3v) is 6.74. The summed E-state index contributed by atoms with van der Waals surface area (Å²) in [6.07, 6.45) is 9.77. The summed E-state index contributed by atoms with van der Waals surface area (Å²) in [6, 6.07) is 8.09. The van der Waals surface area contributed by atoms with E-state index in [1.807, 2.05) is 24.3 Å². The Kier molecular flexibility index (Phi) is 8.81. The number of rotatable bonds is 10. The molecule has 2 unspecified atom stereocenters. The molecule has 5 nitrogen and oxygen atoms in total. The number of likely N-dealkylation sites (tertiary alicyclic amines) is 1. The van der Waals surface area contributed by atoms with Crippen molar-refractivity contribution in [3.05, 3.63) is 29.8 Å². The summed E-state index contributed by atoms with van der Waals surface area (Å²) in [7, 11) is 0. The number of hydrogen-bond donors (Lipinski definition) is 2. The van der Waals surface area contributed by atoms with Gasteiger partial charge in [-0.05, 0) is 62.9 Å². The molecule has 2 aliphatic rings. The smallest absolute Gasteiger partial charge is 0.251 e. The largest absolute Gasteiger partial charge is 0.494 e. The fourth-order valence-electron chi connectivity index (χ4n) is 4.80. The Balaban J connectivity index is 1.37. The number of amides is 1. The number of aliphatic hydroxyl groups excluding tert-OH is 1. The number of carbonyl (C=O) groups is 1. The first-order valence-corrected chi connectivity index (χ1v) is 11.5. The Labute approximate surface area is 175 Å². The van der Waals surface area contributed by atoms with Gasteiger partial charge < -0.3 is 20.1 Å². The van der Waals surface area contributed by atoms with Gasteiger partial charge in [-0.1, -0.05) is 32.1 Å². The second-order valence-electron chi connectivity index (χ2n) is 8.80. The van der Waals surface area contributed by atoms with E-state index in [1.165, 1.54) is 51.5 Å². The summed E-state index contributed by atoms with van der Waals surface area (Å²) in [5, 5.41) is 12.7. The van der Waals surface area contributed by atoms with Crippen LogP contribution in [0.3, 0.4) is 0 Å².